The van der Waals surface area contributed by atoms with Crippen LogP contribution in [0.5, 0.6) is 0 Å². The average Bonchev–Trinajstić information content (AvgIpc) is 2.66. The quantitative estimate of drug-likeness (QED) is 0.837. The summed E-state index contributed by atoms with van der Waals surface area (Å²) in [5.74, 6) is 0.0905. The highest BCUT2D eigenvalue weighted by atomic mass is 16.5. The number of hydrogen-bond donors (Lipinski definition) is 1. The van der Waals surface area contributed by atoms with Gasteiger partial charge in [-0.3, -0.25) is 14.6 Å². The van der Waals surface area contributed by atoms with E-state index < -0.39 is 0 Å². The van der Waals surface area contributed by atoms with Gasteiger partial charge in [-0.05, 0) is 31.4 Å². The van der Waals surface area contributed by atoms with E-state index in [4.69, 9.17) is 0 Å². The van der Waals surface area contributed by atoms with E-state index in [1.165, 1.54) is 7.11 Å². The second-order valence-corrected chi connectivity index (χ2v) is 5.93. The monoisotopic (exact) mass is 340 g/mol. The van der Waals surface area contributed by atoms with Crippen molar-refractivity contribution in [2.75, 3.05) is 7.11 Å². The van der Waals surface area contributed by atoms with Crippen molar-refractivity contribution in [3.63, 3.8) is 0 Å². The number of methoxy groups -OCH3 is 1. The number of fused-ring (bicyclic) bond motifs is 1. The number of carbonyl (C=O) groups is 2. The molecule has 7 nitrogen and oxygen atoms in total. The summed E-state index contributed by atoms with van der Waals surface area (Å²) >= 11 is 0. The molecule has 1 atom stereocenters. The number of hydrogen-bond acceptors (Lipinski definition) is 6. The van der Waals surface area contributed by atoms with Gasteiger partial charge in [-0.25, -0.2) is 9.97 Å². The molecule has 3 rings (SSSR count). The first kappa shape index (κ1) is 17.0. The Labute approximate surface area is 145 Å². The third kappa shape index (κ3) is 4.17. The Morgan fingerprint density at radius 1 is 1.32 bits per heavy atom. The summed E-state index contributed by atoms with van der Waals surface area (Å²) in [5.41, 5.74) is 2.78. The maximum Gasteiger partial charge on any atom is 0.306 e. The lowest BCUT2D eigenvalue weighted by Crippen LogP contribution is -2.31. The largest absolute Gasteiger partial charge is 0.469 e. The first-order chi connectivity index (χ1) is 12.2. The van der Waals surface area contributed by atoms with Gasteiger partial charge in [0.15, 0.2) is 5.82 Å². The van der Waals surface area contributed by atoms with Crippen molar-refractivity contribution in [3.8, 4) is 11.4 Å². The molecular formula is C18H20N4O3. The van der Waals surface area contributed by atoms with E-state index in [9.17, 15) is 9.59 Å². The Morgan fingerprint density at radius 2 is 2.20 bits per heavy atom. The van der Waals surface area contributed by atoms with Gasteiger partial charge < -0.3 is 10.1 Å². The Balaban J connectivity index is 1.72. The van der Waals surface area contributed by atoms with Crippen molar-refractivity contribution in [3.05, 3.63) is 42.0 Å². The van der Waals surface area contributed by atoms with E-state index in [-0.39, 0.29) is 30.8 Å². The molecule has 0 spiro atoms. The minimum atomic E-state index is -0.386. The highest BCUT2D eigenvalue weighted by Crippen LogP contribution is 2.29. The number of carbonyl (C=O) groups excluding carboxylic acids is 2. The Hall–Kier alpha value is -2.83. The van der Waals surface area contributed by atoms with Crippen LogP contribution in [0.25, 0.3) is 11.4 Å². The van der Waals surface area contributed by atoms with Gasteiger partial charge in [0.25, 0.3) is 0 Å². The molecule has 0 aromatic carbocycles. The van der Waals surface area contributed by atoms with Crippen LogP contribution in [0.2, 0.25) is 0 Å². The molecule has 1 aliphatic carbocycles. The SMILES string of the molecule is COC(=O)CCC(=O)N[C@@H]1CCCc2nc(-c3cccnc3)ncc21. The minimum absolute atomic E-state index is 0.0817. The van der Waals surface area contributed by atoms with E-state index in [0.29, 0.717) is 5.82 Å². The maximum absolute atomic E-state index is 12.1. The van der Waals surface area contributed by atoms with Crippen molar-refractivity contribution in [2.24, 2.45) is 0 Å². The highest BCUT2D eigenvalue weighted by Gasteiger charge is 2.24. The summed E-state index contributed by atoms with van der Waals surface area (Å²) in [6.07, 6.45) is 8.07. The van der Waals surface area contributed by atoms with Gasteiger partial charge in [-0.1, -0.05) is 0 Å². The zero-order chi connectivity index (χ0) is 17.6. The zero-order valence-electron chi connectivity index (χ0n) is 14.1. The van der Waals surface area contributed by atoms with E-state index >= 15 is 0 Å². The van der Waals surface area contributed by atoms with Gasteiger partial charge in [-0.15, -0.1) is 0 Å². The van der Waals surface area contributed by atoms with Crippen LogP contribution in [-0.4, -0.2) is 33.9 Å². The number of pyridine rings is 1. The van der Waals surface area contributed by atoms with Gasteiger partial charge in [0.2, 0.25) is 5.91 Å². The van der Waals surface area contributed by atoms with Crippen LogP contribution in [-0.2, 0) is 20.7 Å². The number of amides is 1. The molecule has 0 fully saturated rings. The number of nitrogens with zero attached hydrogens (tertiary/aromatic N) is 3. The molecule has 130 valence electrons. The van der Waals surface area contributed by atoms with Gasteiger partial charge >= 0.3 is 5.97 Å². The van der Waals surface area contributed by atoms with Crippen LogP contribution in [0, 0.1) is 0 Å². The number of aryl methyl sites for hydroxylation is 1. The summed E-state index contributed by atoms with van der Waals surface area (Å²) in [4.78, 5) is 36.4. The lowest BCUT2D eigenvalue weighted by Gasteiger charge is -2.25. The Bertz CT molecular complexity index is 764. The van der Waals surface area contributed by atoms with Crippen molar-refractivity contribution >= 4 is 11.9 Å². The summed E-state index contributed by atoms with van der Waals surface area (Å²) in [5, 5.41) is 2.97. The Kier molecular flexibility index (Phi) is 5.33. The van der Waals surface area contributed by atoms with Crippen LogP contribution < -0.4 is 5.32 Å². The molecule has 1 amide bonds. The van der Waals surface area contributed by atoms with E-state index in [1.807, 2.05) is 12.1 Å². The molecule has 0 unspecified atom stereocenters. The van der Waals surface area contributed by atoms with Crippen LogP contribution in [0.4, 0.5) is 0 Å². The normalized spacial score (nSPS) is 16.0. The van der Waals surface area contributed by atoms with Gasteiger partial charge in [-0.2, -0.15) is 0 Å². The molecule has 0 saturated carbocycles. The molecule has 0 aliphatic heterocycles. The highest BCUT2D eigenvalue weighted by molar-refractivity contribution is 5.81. The molecule has 1 N–H and O–H groups in total. The first-order valence-electron chi connectivity index (χ1n) is 8.29. The second-order valence-electron chi connectivity index (χ2n) is 5.93. The summed E-state index contributed by atoms with van der Waals surface area (Å²) in [6, 6.07) is 3.66. The molecule has 2 aromatic heterocycles. The van der Waals surface area contributed by atoms with E-state index in [2.05, 4.69) is 25.0 Å². The summed E-state index contributed by atoms with van der Waals surface area (Å²) in [6.45, 7) is 0. The number of esters is 1. The molecule has 0 radical (unpaired) electrons. The predicted octanol–water partition coefficient (Wildman–Crippen LogP) is 1.99. The number of aromatic nitrogens is 3. The Morgan fingerprint density at radius 3 is 2.96 bits per heavy atom. The third-order valence-electron chi connectivity index (χ3n) is 4.22. The molecule has 7 heteroatoms. The lowest BCUT2D eigenvalue weighted by molar-refractivity contribution is -0.142. The van der Waals surface area contributed by atoms with Gasteiger partial charge in [0.1, 0.15) is 0 Å². The number of rotatable bonds is 5. The standard InChI is InChI=1S/C18H20N4O3/c1-25-17(24)8-7-16(23)21-14-5-2-6-15-13(14)11-20-18(22-15)12-4-3-9-19-10-12/h3-4,9-11,14H,2,5-8H2,1H3,(H,21,23)/t14-/m1/s1. The van der Waals surface area contributed by atoms with Crippen LogP contribution in [0.1, 0.15) is 43.0 Å². The van der Waals surface area contributed by atoms with Crippen molar-refractivity contribution in [1.29, 1.82) is 0 Å². The van der Waals surface area contributed by atoms with Crippen LogP contribution >= 0.6 is 0 Å². The molecule has 0 bridgehead atoms. The molecule has 1 aliphatic rings. The van der Waals surface area contributed by atoms with Gasteiger partial charge in [0, 0.05) is 41.8 Å². The zero-order valence-corrected chi connectivity index (χ0v) is 14.1. The van der Waals surface area contributed by atoms with E-state index in [0.717, 1.165) is 36.1 Å². The lowest BCUT2D eigenvalue weighted by atomic mass is 9.92. The molecule has 25 heavy (non-hydrogen) atoms. The van der Waals surface area contributed by atoms with Crippen molar-refractivity contribution < 1.29 is 14.3 Å². The molecule has 0 saturated heterocycles. The van der Waals surface area contributed by atoms with E-state index in [1.54, 1.807) is 18.6 Å². The molecular weight excluding hydrogens is 320 g/mol. The smallest absolute Gasteiger partial charge is 0.306 e. The predicted molar refractivity (Wildman–Crippen MR) is 90.3 cm³/mol. The summed E-state index contributed by atoms with van der Waals surface area (Å²) in [7, 11) is 1.31. The third-order valence-corrected chi connectivity index (χ3v) is 4.22. The van der Waals surface area contributed by atoms with Crippen molar-refractivity contribution in [1.82, 2.24) is 20.3 Å². The topological polar surface area (TPSA) is 94.1 Å². The number of nitrogens with one attached hydrogen (secondary N) is 1. The van der Waals surface area contributed by atoms with Crippen LogP contribution in [0.3, 0.4) is 0 Å². The fraction of sp³-hybridized carbons (Fsp3) is 0.389. The second kappa shape index (κ2) is 7.83. The molecule has 2 heterocycles. The van der Waals surface area contributed by atoms with Crippen LogP contribution in [0.15, 0.2) is 30.7 Å². The first-order valence-corrected chi connectivity index (χ1v) is 8.29. The van der Waals surface area contributed by atoms with Gasteiger partial charge in [0.05, 0.1) is 19.6 Å². The average molecular weight is 340 g/mol. The molecule has 2 aromatic rings. The minimum Gasteiger partial charge on any atom is -0.469 e. The summed E-state index contributed by atoms with van der Waals surface area (Å²) < 4.78 is 4.56. The maximum atomic E-state index is 12.1. The fourth-order valence-electron chi connectivity index (χ4n) is 2.92. The fourth-order valence-corrected chi connectivity index (χ4v) is 2.92. The van der Waals surface area contributed by atoms with Crippen molar-refractivity contribution in [2.45, 2.75) is 38.1 Å². The number of ether oxygens (including phenoxy) is 1.